The van der Waals surface area contributed by atoms with Gasteiger partial charge in [0.25, 0.3) is 5.92 Å². The number of rotatable bonds is 7. The zero-order valence-corrected chi connectivity index (χ0v) is 8.85. The van der Waals surface area contributed by atoms with Gasteiger partial charge in [0.1, 0.15) is 6.61 Å². The number of hydrogen-bond acceptors (Lipinski definition) is 2. The minimum atomic E-state index is -2.73. The second kappa shape index (κ2) is 5.03. The predicted molar refractivity (Wildman–Crippen MR) is 51.7 cm³/mol. The van der Waals surface area contributed by atoms with Crippen molar-refractivity contribution in [2.24, 2.45) is 0 Å². The summed E-state index contributed by atoms with van der Waals surface area (Å²) in [5.41, 5.74) is 0. The fraction of sp³-hybridized carbons (Fsp3) is 1.00. The van der Waals surface area contributed by atoms with E-state index in [1.807, 2.05) is 13.8 Å². The molecule has 0 aliphatic heterocycles. The first kappa shape index (κ1) is 11.9. The summed E-state index contributed by atoms with van der Waals surface area (Å²) in [5.74, 6) is -2.73. The molecule has 0 amide bonds. The van der Waals surface area contributed by atoms with E-state index in [0.29, 0.717) is 6.04 Å². The van der Waals surface area contributed by atoms with Gasteiger partial charge in [0.2, 0.25) is 0 Å². The Morgan fingerprint density at radius 1 is 1.50 bits per heavy atom. The molecule has 1 unspecified atom stereocenters. The largest absolute Gasteiger partial charge is 0.372 e. The van der Waals surface area contributed by atoms with Crippen molar-refractivity contribution in [3.05, 3.63) is 0 Å². The SMILES string of the molecule is CCC(C)OCC(F)(F)CNC1CC1. The molecule has 2 nitrogen and oxygen atoms in total. The van der Waals surface area contributed by atoms with Crippen LogP contribution in [-0.2, 0) is 4.74 Å². The molecular formula is C10H19F2NO. The van der Waals surface area contributed by atoms with Gasteiger partial charge < -0.3 is 10.1 Å². The van der Waals surface area contributed by atoms with E-state index in [2.05, 4.69) is 5.32 Å². The molecule has 0 radical (unpaired) electrons. The molecule has 0 saturated heterocycles. The average molecular weight is 207 g/mol. The quantitative estimate of drug-likeness (QED) is 0.691. The lowest BCUT2D eigenvalue weighted by Crippen LogP contribution is -2.38. The van der Waals surface area contributed by atoms with Gasteiger partial charge in [-0.05, 0) is 26.2 Å². The fourth-order valence-electron chi connectivity index (χ4n) is 1.01. The Morgan fingerprint density at radius 3 is 2.64 bits per heavy atom. The summed E-state index contributed by atoms with van der Waals surface area (Å²) in [6.45, 7) is 3.01. The van der Waals surface area contributed by atoms with E-state index < -0.39 is 12.5 Å². The van der Waals surface area contributed by atoms with E-state index in [9.17, 15) is 8.78 Å². The number of hydrogen-bond donors (Lipinski definition) is 1. The maximum absolute atomic E-state index is 13.1. The van der Waals surface area contributed by atoms with Crippen molar-refractivity contribution in [3.8, 4) is 0 Å². The van der Waals surface area contributed by atoms with Crippen LogP contribution in [0.3, 0.4) is 0 Å². The van der Waals surface area contributed by atoms with Gasteiger partial charge in [0, 0.05) is 6.04 Å². The van der Waals surface area contributed by atoms with Crippen molar-refractivity contribution in [2.45, 2.75) is 51.2 Å². The average Bonchev–Trinajstić information content (AvgIpc) is 2.95. The molecule has 1 aliphatic carbocycles. The van der Waals surface area contributed by atoms with Crippen LogP contribution in [0.15, 0.2) is 0 Å². The van der Waals surface area contributed by atoms with Crippen molar-refractivity contribution >= 4 is 0 Å². The lowest BCUT2D eigenvalue weighted by molar-refractivity contribution is -0.0940. The maximum atomic E-state index is 13.1. The van der Waals surface area contributed by atoms with Gasteiger partial charge >= 0.3 is 0 Å². The summed E-state index contributed by atoms with van der Waals surface area (Å²) >= 11 is 0. The Labute approximate surface area is 84.0 Å². The van der Waals surface area contributed by atoms with Gasteiger partial charge in [0.05, 0.1) is 12.6 Å². The van der Waals surface area contributed by atoms with Crippen LogP contribution in [0.1, 0.15) is 33.1 Å². The Balaban J connectivity index is 2.11. The highest BCUT2D eigenvalue weighted by molar-refractivity contribution is 4.83. The second-order valence-corrected chi connectivity index (χ2v) is 4.04. The third-order valence-corrected chi connectivity index (χ3v) is 2.38. The summed E-state index contributed by atoms with van der Waals surface area (Å²) in [7, 11) is 0. The molecule has 0 aromatic carbocycles. The van der Waals surface area contributed by atoms with E-state index >= 15 is 0 Å². The van der Waals surface area contributed by atoms with Crippen molar-refractivity contribution in [1.29, 1.82) is 0 Å². The molecule has 4 heteroatoms. The van der Waals surface area contributed by atoms with Gasteiger partial charge in [-0.2, -0.15) is 0 Å². The Bertz CT molecular complexity index is 172. The zero-order valence-electron chi connectivity index (χ0n) is 8.85. The molecule has 1 fully saturated rings. The van der Waals surface area contributed by atoms with Gasteiger partial charge in [0.15, 0.2) is 0 Å². The first-order chi connectivity index (χ1) is 6.53. The first-order valence-corrected chi connectivity index (χ1v) is 5.26. The Morgan fingerprint density at radius 2 is 2.14 bits per heavy atom. The van der Waals surface area contributed by atoms with Crippen molar-refractivity contribution < 1.29 is 13.5 Å². The number of nitrogens with one attached hydrogen (secondary N) is 1. The van der Waals surface area contributed by atoms with Crippen LogP contribution in [0.5, 0.6) is 0 Å². The summed E-state index contributed by atoms with van der Waals surface area (Å²) in [4.78, 5) is 0. The number of ether oxygens (including phenoxy) is 1. The number of halogens is 2. The summed E-state index contributed by atoms with van der Waals surface area (Å²) in [6.07, 6.45) is 2.75. The topological polar surface area (TPSA) is 21.3 Å². The van der Waals surface area contributed by atoms with Crippen molar-refractivity contribution in [3.63, 3.8) is 0 Å². The minimum Gasteiger partial charge on any atom is -0.372 e. The zero-order chi connectivity index (χ0) is 10.6. The van der Waals surface area contributed by atoms with E-state index in [1.165, 1.54) is 0 Å². The fourth-order valence-corrected chi connectivity index (χ4v) is 1.01. The van der Waals surface area contributed by atoms with Crippen LogP contribution in [0.4, 0.5) is 8.78 Å². The molecule has 1 aliphatic rings. The first-order valence-electron chi connectivity index (χ1n) is 5.26. The minimum absolute atomic E-state index is 0.0817. The highest BCUT2D eigenvalue weighted by atomic mass is 19.3. The second-order valence-electron chi connectivity index (χ2n) is 4.04. The normalized spacial score (nSPS) is 19.7. The molecule has 0 spiro atoms. The summed E-state index contributed by atoms with van der Waals surface area (Å²) in [6, 6.07) is 0.324. The molecule has 0 heterocycles. The highest BCUT2D eigenvalue weighted by Gasteiger charge is 2.32. The molecule has 14 heavy (non-hydrogen) atoms. The predicted octanol–water partition coefficient (Wildman–Crippen LogP) is 2.19. The molecule has 1 atom stereocenters. The third kappa shape index (κ3) is 4.86. The molecule has 0 bridgehead atoms. The van der Waals surface area contributed by atoms with E-state index in [0.717, 1.165) is 19.3 Å². The van der Waals surface area contributed by atoms with Crippen LogP contribution < -0.4 is 5.32 Å². The van der Waals surface area contributed by atoms with Gasteiger partial charge in [-0.15, -0.1) is 0 Å². The molecule has 1 N–H and O–H groups in total. The lowest BCUT2D eigenvalue weighted by Gasteiger charge is -2.19. The van der Waals surface area contributed by atoms with Crippen LogP contribution in [0, 0.1) is 0 Å². The maximum Gasteiger partial charge on any atom is 0.283 e. The van der Waals surface area contributed by atoms with Crippen LogP contribution >= 0.6 is 0 Å². The van der Waals surface area contributed by atoms with E-state index in [1.54, 1.807) is 0 Å². The van der Waals surface area contributed by atoms with Gasteiger partial charge in [-0.1, -0.05) is 6.92 Å². The molecule has 84 valence electrons. The highest BCUT2D eigenvalue weighted by Crippen LogP contribution is 2.21. The van der Waals surface area contributed by atoms with E-state index in [-0.39, 0.29) is 12.6 Å². The van der Waals surface area contributed by atoms with Crippen molar-refractivity contribution in [2.75, 3.05) is 13.2 Å². The molecular weight excluding hydrogens is 188 g/mol. The van der Waals surface area contributed by atoms with Gasteiger partial charge in [-0.3, -0.25) is 0 Å². The van der Waals surface area contributed by atoms with Gasteiger partial charge in [-0.25, -0.2) is 8.78 Å². The van der Waals surface area contributed by atoms with E-state index in [4.69, 9.17) is 4.74 Å². The Hall–Kier alpha value is -0.220. The Kier molecular flexibility index (Phi) is 4.26. The molecule has 1 rings (SSSR count). The monoisotopic (exact) mass is 207 g/mol. The third-order valence-electron chi connectivity index (χ3n) is 2.38. The van der Waals surface area contributed by atoms with Crippen LogP contribution in [0.25, 0.3) is 0 Å². The van der Waals surface area contributed by atoms with Crippen LogP contribution in [-0.4, -0.2) is 31.2 Å². The summed E-state index contributed by atoms with van der Waals surface area (Å²) in [5, 5.41) is 2.81. The summed E-state index contributed by atoms with van der Waals surface area (Å²) < 4.78 is 31.3. The smallest absolute Gasteiger partial charge is 0.283 e. The lowest BCUT2D eigenvalue weighted by atomic mass is 10.3. The standard InChI is InChI=1S/C10H19F2NO/c1-3-8(2)14-7-10(11,12)6-13-9-4-5-9/h8-9,13H,3-7H2,1-2H3. The number of alkyl halides is 2. The molecule has 0 aromatic heterocycles. The molecule has 1 saturated carbocycles. The molecule has 0 aromatic rings. The van der Waals surface area contributed by atoms with Crippen molar-refractivity contribution in [1.82, 2.24) is 5.32 Å². The van der Waals surface area contributed by atoms with Crippen LogP contribution in [0.2, 0.25) is 0 Å².